The number of imide groups is 1. The summed E-state index contributed by atoms with van der Waals surface area (Å²) < 4.78 is 5.06. The highest BCUT2D eigenvalue weighted by atomic mass is 16.5. The van der Waals surface area contributed by atoms with Gasteiger partial charge in [-0.05, 0) is 54.5 Å². The van der Waals surface area contributed by atoms with Crippen LogP contribution in [0.4, 0.5) is 0 Å². The maximum absolute atomic E-state index is 12.6. The third-order valence-corrected chi connectivity index (χ3v) is 5.30. The molecule has 3 aliphatic carbocycles. The zero-order valence-corrected chi connectivity index (χ0v) is 13.9. The summed E-state index contributed by atoms with van der Waals surface area (Å²) in [6.45, 7) is -0.413. The summed E-state index contributed by atoms with van der Waals surface area (Å²) in [7, 11) is 0. The number of amides is 2. The molecule has 7 heteroatoms. The molecule has 1 saturated carbocycles. The van der Waals surface area contributed by atoms with Gasteiger partial charge in [0.25, 0.3) is 11.8 Å². The molecular formula is C19H18N2O5. The number of fused-ring (bicyclic) bond motifs is 1. The molecule has 1 saturated heterocycles. The quantitative estimate of drug-likeness (QED) is 0.493. The first-order valence-corrected chi connectivity index (χ1v) is 8.59. The number of carboxylic acids is 1. The van der Waals surface area contributed by atoms with Crippen LogP contribution in [0.15, 0.2) is 41.5 Å². The topological polar surface area (TPSA) is 96.3 Å². The minimum atomic E-state index is -1.05. The lowest BCUT2D eigenvalue weighted by Crippen LogP contribution is -2.38. The van der Waals surface area contributed by atoms with Crippen LogP contribution in [0.25, 0.3) is 0 Å². The van der Waals surface area contributed by atoms with Crippen LogP contribution in [0.5, 0.6) is 5.75 Å². The monoisotopic (exact) mass is 354 g/mol. The van der Waals surface area contributed by atoms with Gasteiger partial charge >= 0.3 is 5.97 Å². The molecule has 1 N–H and O–H groups in total. The molecule has 4 atom stereocenters. The van der Waals surface area contributed by atoms with Gasteiger partial charge in [-0.25, -0.2) is 4.79 Å². The van der Waals surface area contributed by atoms with Crippen molar-refractivity contribution in [3.63, 3.8) is 0 Å². The van der Waals surface area contributed by atoms with Gasteiger partial charge in [-0.3, -0.25) is 9.59 Å². The molecule has 0 spiro atoms. The van der Waals surface area contributed by atoms with E-state index in [1.54, 1.807) is 24.3 Å². The molecule has 134 valence electrons. The van der Waals surface area contributed by atoms with E-state index in [1.165, 1.54) is 6.21 Å². The number of ether oxygens (including phenoxy) is 1. The Balaban J connectivity index is 1.46. The predicted molar refractivity (Wildman–Crippen MR) is 91.4 cm³/mol. The summed E-state index contributed by atoms with van der Waals surface area (Å²) in [6, 6.07) is 6.59. The van der Waals surface area contributed by atoms with Gasteiger partial charge in [-0.2, -0.15) is 10.1 Å². The number of carbonyl (C=O) groups is 3. The second kappa shape index (κ2) is 6.40. The van der Waals surface area contributed by atoms with Crippen molar-refractivity contribution in [1.82, 2.24) is 5.01 Å². The molecule has 0 unspecified atom stereocenters. The summed E-state index contributed by atoms with van der Waals surface area (Å²) in [5.74, 6) is -1.29. The first-order valence-electron chi connectivity index (χ1n) is 8.59. The van der Waals surface area contributed by atoms with Crippen LogP contribution in [0, 0.1) is 23.7 Å². The van der Waals surface area contributed by atoms with Crippen LogP contribution < -0.4 is 4.74 Å². The number of benzene rings is 1. The van der Waals surface area contributed by atoms with Gasteiger partial charge in [-0.1, -0.05) is 12.2 Å². The maximum Gasteiger partial charge on any atom is 0.341 e. The van der Waals surface area contributed by atoms with Crippen molar-refractivity contribution in [2.75, 3.05) is 6.61 Å². The van der Waals surface area contributed by atoms with E-state index in [0.717, 1.165) is 17.9 Å². The summed E-state index contributed by atoms with van der Waals surface area (Å²) >= 11 is 0. The van der Waals surface area contributed by atoms with Crippen LogP contribution in [0.3, 0.4) is 0 Å². The molecule has 1 aliphatic heterocycles. The molecule has 5 rings (SSSR count). The van der Waals surface area contributed by atoms with Gasteiger partial charge in [0.1, 0.15) is 5.75 Å². The smallest absolute Gasteiger partial charge is 0.341 e. The molecule has 7 nitrogen and oxygen atoms in total. The van der Waals surface area contributed by atoms with Crippen molar-refractivity contribution < 1.29 is 24.2 Å². The molecule has 0 radical (unpaired) electrons. The number of carbonyl (C=O) groups excluding carboxylic acids is 2. The average molecular weight is 354 g/mol. The van der Waals surface area contributed by atoms with E-state index in [-0.39, 0.29) is 35.5 Å². The average Bonchev–Trinajstić information content (AvgIpc) is 2.93. The number of rotatable bonds is 5. The lowest BCUT2D eigenvalue weighted by atomic mass is 9.63. The minimum Gasteiger partial charge on any atom is -0.482 e. The van der Waals surface area contributed by atoms with Gasteiger partial charge < -0.3 is 9.84 Å². The van der Waals surface area contributed by atoms with Crippen molar-refractivity contribution in [2.45, 2.75) is 12.8 Å². The van der Waals surface area contributed by atoms with Gasteiger partial charge in [0, 0.05) is 0 Å². The van der Waals surface area contributed by atoms with Crippen LogP contribution in [-0.4, -0.2) is 40.7 Å². The number of hydrazone groups is 1. The first kappa shape index (κ1) is 16.5. The Bertz CT molecular complexity index is 782. The minimum absolute atomic E-state index is 0.146. The lowest BCUT2D eigenvalue weighted by molar-refractivity contribution is -0.140. The van der Waals surface area contributed by atoms with E-state index in [1.807, 2.05) is 0 Å². The Kier molecular flexibility index (Phi) is 4.06. The molecule has 1 aromatic carbocycles. The number of nitrogens with zero attached hydrogens (tertiary/aromatic N) is 2. The summed E-state index contributed by atoms with van der Waals surface area (Å²) in [5, 5.41) is 13.7. The van der Waals surface area contributed by atoms with Crippen molar-refractivity contribution in [3.05, 3.63) is 42.0 Å². The molecular weight excluding hydrogens is 336 g/mol. The number of allylic oxidation sites excluding steroid dienone is 2. The van der Waals surface area contributed by atoms with E-state index >= 15 is 0 Å². The van der Waals surface area contributed by atoms with E-state index in [2.05, 4.69) is 17.3 Å². The Morgan fingerprint density at radius 3 is 2.19 bits per heavy atom. The zero-order valence-electron chi connectivity index (χ0n) is 13.9. The fourth-order valence-electron chi connectivity index (χ4n) is 4.09. The van der Waals surface area contributed by atoms with Crippen LogP contribution in [0.2, 0.25) is 0 Å². The van der Waals surface area contributed by atoms with Gasteiger partial charge in [-0.15, -0.1) is 0 Å². The van der Waals surface area contributed by atoms with Crippen molar-refractivity contribution >= 4 is 24.0 Å². The first-order chi connectivity index (χ1) is 12.5. The van der Waals surface area contributed by atoms with Gasteiger partial charge in [0.05, 0.1) is 18.1 Å². The second-order valence-electron chi connectivity index (χ2n) is 6.83. The summed E-state index contributed by atoms with van der Waals surface area (Å²) in [4.78, 5) is 35.8. The third kappa shape index (κ3) is 2.79. The van der Waals surface area contributed by atoms with Crippen molar-refractivity contribution in [1.29, 1.82) is 0 Å². The molecule has 26 heavy (non-hydrogen) atoms. The molecule has 4 aliphatic rings. The molecule has 0 aromatic heterocycles. The Hall–Kier alpha value is -2.96. The fourth-order valence-corrected chi connectivity index (χ4v) is 4.09. The number of hydrogen-bond donors (Lipinski definition) is 1. The predicted octanol–water partition coefficient (Wildman–Crippen LogP) is 1.68. The van der Waals surface area contributed by atoms with Crippen molar-refractivity contribution in [2.24, 2.45) is 28.8 Å². The van der Waals surface area contributed by atoms with Crippen molar-refractivity contribution in [3.8, 4) is 5.75 Å². The number of hydrogen-bond acceptors (Lipinski definition) is 5. The number of aliphatic carboxylic acids is 1. The molecule has 1 aromatic rings. The fraction of sp³-hybridized carbons (Fsp3) is 0.368. The largest absolute Gasteiger partial charge is 0.482 e. The molecule has 2 fully saturated rings. The van der Waals surface area contributed by atoms with Gasteiger partial charge in [0.15, 0.2) is 6.61 Å². The highest BCUT2D eigenvalue weighted by Gasteiger charge is 2.56. The van der Waals surface area contributed by atoms with E-state index in [0.29, 0.717) is 11.3 Å². The molecule has 1 heterocycles. The third-order valence-electron chi connectivity index (χ3n) is 5.30. The summed E-state index contributed by atoms with van der Waals surface area (Å²) in [6.07, 6.45) is 7.52. The van der Waals surface area contributed by atoms with E-state index < -0.39 is 12.6 Å². The standard InChI is InChI=1S/C19H18N2O5/c22-15(23)10-26-14-7-1-11(2-8-14)9-20-21-18(24)16-12-3-4-13(6-5-12)17(16)19(21)25/h1-4,7-9,12-13,16-17H,5-6,10H2,(H,22,23)/b20-9-/t12-,13-,16-,17+/m0/s1. The highest BCUT2D eigenvalue weighted by molar-refractivity contribution is 6.06. The Labute approximate surface area is 149 Å². The molecule has 2 bridgehead atoms. The van der Waals surface area contributed by atoms with Crippen LogP contribution >= 0.6 is 0 Å². The molecule has 2 amide bonds. The van der Waals surface area contributed by atoms with Gasteiger partial charge in [0.2, 0.25) is 0 Å². The number of carboxylic acid groups (broad SMARTS) is 1. The van der Waals surface area contributed by atoms with E-state index in [4.69, 9.17) is 9.84 Å². The maximum atomic E-state index is 12.6. The Morgan fingerprint density at radius 2 is 1.69 bits per heavy atom. The summed E-state index contributed by atoms with van der Waals surface area (Å²) in [5.41, 5.74) is 0.684. The Morgan fingerprint density at radius 1 is 1.12 bits per heavy atom. The van der Waals surface area contributed by atoms with E-state index in [9.17, 15) is 14.4 Å². The van der Waals surface area contributed by atoms with Crippen LogP contribution in [-0.2, 0) is 14.4 Å². The second-order valence-corrected chi connectivity index (χ2v) is 6.83. The SMILES string of the molecule is O=C(O)COc1ccc(/C=N\N2C(=O)[C@@H]3[C@H](C2=O)[C@H]2C=C[C@H]3CC2)cc1. The highest BCUT2D eigenvalue weighted by Crippen LogP contribution is 2.49. The van der Waals surface area contributed by atoms with Crippen LogP contribution in [0.1, 0.15) is 18.4 Å². The lowest BCUT2D eigenvalue weighted by Gasteiger charge is -2.37. The zero-order chi connectivity index (χ0) is 18.3. The normalized spacial score (nSPS) is 29.5.